The van der Waals surface area contributed by atoms with Crippen LogP contribution in [0.5, 0.6) is 0 Å². The summed E-state index contributed by atoms with van der Waals surface area (Å²) in [6.45, 7) is 2.26. The SMILES string of the molecule is CCCC(O)CNC(=O)C(OC)c1ccccc1. The van der Waals surface area contributed by atoms with Crippen molar-refractivity contribution < 1.29 is 14.6 Å². The highest BCUT2D eigenvalue weighted by Gasteiger charge is 2.19. The van der Waals surface area contributed by atoms with Gasteiger partial charge in [0.25, 0.3) is 5.91 Å². The van der Waals surface area contributed by atoms with Gasteiger partial charge in [0.2, 0.25) is 0 Å². The number of aliphatic hydroxyl groups is 1. The van der Waals surface area contributed by atoms with E-state index in [2.05, 4.69) is 5.32 Å². The number of benzene rings is 1. The highest BCUT2D eigenvalue weighted by Crippen LogP contribution is 2.16. The Bertz CT molecular complexity index is 353. The highest BCUT2D eigenvalue weighted by molar-refractivity contribution is 5.82. The van der Waals surface area contributed by atoms with Crippen LogP contribution in [0.3, 0.4) is 0 Å². The van der Waals surface area contributed by atoms with E-state index in [0.29, 0.717) is 6.42 Å². The number of aliphatic hydroxyl groups excluding tert-OH is 1. The topological polar surface area (TPSA) is 58.6 Å². The Hall–Kier alpha value is -1.39. The van der Waals surface area contributed by atoms with Crippen molar-refractivity contribution in [1.82, 2.24) is 5.32 Å². The van der Waals surface area contributed by atoms with E-state index in [0.717, 1.165) is 12.0 Å². The van der Waals surface area contributed by atoms with Gasteiger partial charge in [-0.25, -0.2) is 0 Å². The molecule has 4 heteroatoms. The molecule has 0 saturated carbocycles. The molecule has 1 aromatic carbocycles. The maximum Gasteiger partial charge on any atom is 0.253 e. The smallest absolute Gasteiger partial charge is 0.253 e. The first-order valence-electron chi connectivity index (χ1n) is 6.22. The van der Waals surface area contributed by atoms with E-state index in [1.807, 2.05) is 37.3 Å². The maximum atomic E-state index is 11.9. The van der Waals surface area contributed by atoms with Crippen LogP contribution in [0.15, 0.2) is 30.3 Å². The van der Waals surface area contributed by atoms with E-state index in [9.17, 15) is 9.90 Å². The largest absolute Gasteiger partial charge is 0.391 e. The third-order valence-corrected chi connectivity index (χ3v) is 2.71. The fourth-order valence-corrected chi connectivity index (χ4v) is 1.77. The summed E-state index contributed by atoms with van der Waals surface area (Å²) in [5.74, 6) is -0.223. The Labute approximate surface area is 108 Å². The first-order chi connectivity index (χ1) is 8.69. The number of rotatable bonds is 7. The zero-order valence-corrected chi connectivity index (χ0v) is 10.9. The molecule has 0 heterocycles. The molecule has 0 aliphatic heterocycles. The molecule has 0 saturated heterocycles. The molecule has 1 amide bonds. The molecule has 2 atom stereocenters. The zero-order valence-electron chi connectivity index (χ0n) is 10.9. The number of hydrogen-bond donors (Lipinski definition) is 2. The molecule has 1 aromatic rings. The van der Waals surface area contributed by atoms with Crippen molar-refractivity contribution in [1.29, 1.82) is 0 Å². The van der Waals surface area contributed by atoms with Crippen molar-refractivity contribution in [3.8, 4) is 0 Å². The molecule has 0 radical (unpaired) electrons. The van der Waals surface area contributed by atoms with Gasteiger partial charge in [-0.05, 0) is 12.0 Å². The van der Waals surface area contributed by atoms with E-state index >= 15 is 0 Å². The highest BCUT2D eigenvalue weighted by atomic mass is 16.5. The monoisotopic (exact) mass is 251 g/mol. The third kappa shape index (κ3) is 4.47. The Kier molecular flexibility index (Phi) is 6.39. The number of amides is 1. The summed E-state index contributed by atoms with van der Waals surface area (Å²) in [6.07, 6.45) is 0.458. The predicted molar refractivity (Wildman–Crippen MR) is 70.1 cm³/mol. The lowest BCUT2D eigenvalue weighted by molar-refractivity contribution is -0.131. The fraction of sp³-hybridized carbons (Fsp3) is 0.500. The minimum atomic E-state index is -0.625. The van der Waals surface area contributed by atoms with Gasteiger partial charge >= 0.3 is 0 Å². The van der Waals surface area contributed by atoms with Crippen LogP contribution in [0.2, 0.25) is 0 Å². The lowest BCUT2D eigenvalue weighted by atomic mass is 10.1. The molecule has 0 bridgehead atoms. The van der Waals surface area contributed by atoms with Gasteiger partial charge in [-0.2, -0.15) is 0 Å². The number of carbonyl (C=O) groups is 1. The van der Waals surface area contributed by atoms with Crippen molar-refractivity contribution in [2.45, 2.75) is 32.0 Å². The van der Waals surface area contributed by atoms with Gasteiger partial charge in [-0.15, -0.1) is 0 Å². The first kappa shape index (κ1) is 14.7. The number of methoxy groups -OCH3 is 1. The standard InChI is InChI=1S/C14H21NO3/c1-3-7-12(16)10-15-14(17)13(18-2)11-8-5-4-6-9-11/h4-6,8-9,12-13,16H,3,7,10H2,1-2H3,(H,15,17). The zero-order chi connectivity index (χ0) is 13.4. The predicted octanol–water partition coefficient (Wildman–Crippen LogP) is 1.65. The Balaban J connectivity index is 2.53. The molecule has 0 fully saturated rings. The second-order valence-electron chi connectivity index (χ2n) is 4.21. The Morgan fingerprint density at radius 3 is 2.61 bits per heavy atom. The normalized spacial score (nSPS) is 13.9. The number of carbonyl (C=O) groups excluding carboxylic acids is 1. The second kappa shape index (κ2) is 7.84. The van der Waals surface area contributed by atoms with Gasteiger partial charge < -0.3 is 15.2 Å². The van der Waals surface area contributed by atoms with Gasteiger partial charge in [0.15, 0.2) is 6.10 Å². The average molecular weight is 251 g/mol. The average Bonchev–Trinajstić information content (AvgIpc) is 2.39. The van der Waals surface area contributed by atoms with Crippen molar-refractivity contribution in [2.75, 3.05) is 13.7 Å². The molecule has 1 rings (SSSR count). The molecule has 4 nitrogen and oxygen atoms in total. The molecule has 0 aliphatic rings. The van der Waals surface area contributed by atoms with Crippen LogP contribution in [0.1, 0.15) is 31.4 Å². The van der Waals surface area contributed by atoms with Crippen LogP contribution in [0.25, 0.3) is 0 Å². The first-order valence-corrected chi connectivity index (χ1v) is 6.22. The fourth-order valence-electron chi connectivity index (χ4n) is 1.77. The quantitative estimate of drug-likeness (QED) is 0.774. The summed E-state index contributed by atoms with van der Waals surface area (Å²) in [7, 11) is 1.50. The van der Waals surface area contributed by atoms with Crippen LogP contribution >= 0.6 is 0 Å². The van der Waals surface area contributed by atoms with Crippen molar-refractivity contribution in [3.05, 3.63) is 35.9 Å². The minimum absolute atomic E-state index is 0.223. The Morgan fingerprint density at radius 2 is 2.06 bits per heavy atom. The maximum absolute atomic E-state index is 11.9. The van der Waals surface area contributed by atoms with Gasteiger partial charge in [-0.1, -0.05) is 43.7 Å². The van der Waals surface area contributed by atoms with Crippen LogP contribution in [0, 0.1) is 0 Å². The van der Waals surface area contributed by atoms with Crippen LogP contribution < -0.4 is 5.32 Å². The summed E-state index contributed by atoms with van der Waals surface area (Å²) in [5.41, 5.74) is 0.808. The van der Waals surface area contributed by atoms with Gasteiger partial charge in [0, 0.05) is 13.7 Å². The van der Waals surface area contributed by atoms with Crippen LogP contribution in [-0.4, -0.2) is 30.8 Å². The van der Waals surface area contributed by atoms with E-state index in [-0.39, 0.29) is 12.5 Å². The third-order valence-electron chi connectivity index (χ3n) is 2.71. The molecule has 2 N–H and O–H groups in total. The molecular weight excluding hydrogens is 230 g/mol. The van der Waals surface area contributed by atoms with E-state index in [1.54, 1.807) is 0 Å². The van der Waals surface area contributed by atoms with Crippen molar-refractivity contribution in [2.24, 2.45) is 0 Å². The summed E-state index contributed by atoms with van der Waals surface area (Å²) < 4.78 is 5.20. The molecule has 0 spiro atoms. The Morgan fingerprint density at radius 1 is 1.39 bits per heavy atom. The number of nitrogens with one attached hydrogen (secondary N) is 1. The van der Waals surface area contributed by atoms with Gasteiger partial charge in [-0.3, -0.25) is 4.79 Å². The number of ether oxygens (including phenoxy) is 1. The number of hydrogen-bond acceptors (Lipinski definition) is 3. The molecule has 18 heavy (non-hydrogen) atoms. The summed E-state index contributed by atoms with van der Waals surface area (Å²) in [4.78, 5) is 11.9. The molecule has 0 aliphatic carbocycles. The summed E-state index contributed by atoms with van der Waals surface area (Å²) in [5, 5.41) is 12.3. The summed E-state index contributed by atoms with van der Waals surface area (Å²) in [6, 6.07) is 9.30. The molecular formula is C14H21NO3. The summed E-state index contributed by atoms with van der Waals surface area (Å²) >= 11 is 0. The lowest BCUT2D eigenvalue weighted by Crippen LogP contribution is -2.36. The second-order valence-corrected chi connectivity index (χ2v) is 4.21. The van der Waals surface area contributed by atoms with Gasteiger partial charge in [0.1, 0.15) is 0 Å². The van der Waals surface area contributed by atoms with E-state index < -0.39 is 12.2 Å². The molecule has 2 unspecified atom stereocenters. The lowest BCUT2D eigenvalue weighted by Gasteiger charge is -2.17. The van der Waals surface area contributed by atoms with Crippen LogP contribution in [0.4, 0.5) is 0 Å². The van der Waals surface area contributed by atoms with Crippen LogP contribution in [-0.2, 0) is 9.53 Å². The van der Waals surface area contributed by atoms with Gasteiger partial charge in [0.05, 0.1) is 6.10 Å². The van der Waals surface area contributed by atoms with Crippen molar-refractivity contribution >= 4 is 5.91 Å². The molecule has 100 valence electrons. The van der Waals surface area contributed by atoms with E-state index in [4.69, 9.17) is 4.74 Å². The van der Waals surface area contributed by atoms with E-state index in [1.165, 1.54) is 7.11 Å². The minimum Gasteiger partial charge on any atom is -0.391 e. The molecule has 0 aromatic heterocycles. The van der Waals surface area contributed by atoms with Crippen molar-refractivity contribution in [3.63, 3.8) is 0 Å².